The molecule has 1 saturated heterocycles. The van der Waals surface area contributed by atoms with Crippen molar-refractivity contribution in [3.05, 3.63) is 28.8 Å². The van der Waals surface area contributed by atoms with Gasteiger partial charge in [-0.3, -0.25) is 14.2 Å². The summed E-state index contributed by atoms with van der Waals surface area (Å²) in [5.41, 5.74) is 1.52. The molecule has 1 amide bonds. The average molecular weight is 323 g/mol. The minimum Gasteiger partial charge on any atom is -0.337 e. The van der Waals surface area contributed by atoms with E-state index in [1.165, 1.54) is 0 Å². The standard InChI is InChI=1S/C14H19ClN6O/c1-10-7-12(17-19(10)2)14(22)20-5-3-11(4-6-20)8-21-9-13(15)16-18-21/h7,9,11H,3-6,8H2,1-2H3. The zero-order valence-electron chi connectivity index (χ0n) is 12.7. The van der Waals surface area contributed by atoms with Crippen LogP contribution in [0.5, 0.6) is 0 Å². The molecule has 7 nitrogen and oxygen atoms in total. The molecule has 0 atom stereocenters. The summed E-state index contributed by atoms with van der Waals surface area (Å²) in [5.74, 6) is 0.512. The summed E-state index contributed by atoms with van der Waals surface area (Å²) in [5, 5.41) is 12.4. The van der Waals surface area contributed by atoms with E-state index in [4.69, 9.17) is 11.6 Å². The Balaban J connectivity index is 1.56. The number of piperidine rings is 1. The molecule has 0 aliphatic carbocycles. The van der Waals surface area contributed by atoms with Crippen LogP contribution in [-0.4, -0.2) is 48.7 Å². The monoisotopic (exact) mass is 322 g/mol. The SMILES string of the molecule is Cc1cc(C(=O)N2CCC(Cn3cc(Cl)nn3)CC2)nn1C. The molecule has 0 saturated carbocycles. The maximum absolute atomic E-state index is 12.4. The molecule has 3 heterocycles. The van der Waals surface area contributed by atoms with Gasteiger partial charge >= 0.3 is 0 Å². The van der Waals surface area contributed by atoms with E-state index in [0.29, 0.717) is 16.8 Å². The maximum atomic E-state index is 12.4. The first-order chi connectivity index (χ1) is 10.5. The lowest BCUT2D eigenvalue weighted by Crippen LogP contribution is -2.39. The fourth-order valence-corrected chi connectivity index (χ4v) is 2.92. The van der Waals surface area contributed by atoms with E-state index in [0.717, 1.165) is 38.2 Å². The van der Waals surface area contributed by atoms with Crippen LogP contribution in [-0.2, 0) is 13.6 Å². The summed E-state index contributed by atoms with van der Waals surface area (Å²) in [6.07, 6.45) is 3.64. The highest BCUT2D eigenvalue weighted by Crippen LogP contribution is 2.20. The lowest BCUT2D eigenvalue weighted by atomic mass is 9.96. The average Bonchev–Trinajstić information content (AvgIpc) is 3.05. The van der Waals surface area contributed by atoms with Crippen LogP contribution in [0.4, 0.5) is 0 Å². The first kappa shape index (κ1) is 15.0. The molecule has 0 bridgehead atoms. The summed E-state index contributed by atoms with van der Waals surface area (Å²) >= 11 is 5.77. The number of carbonyl (C=O) groups is 1. The first-order valence-corrected chi connectivity index (χ1v) is 7.76. The number of carbonyl (C=O) groups excluding carboxylic acids is 1. The first-order valence-electron chi connectivity index (χ1n) is 7.38. The lowest BCUT2D eigenvalue weighted by molar-refractivity contribution is 0.0674. The molecule has 0 spiro atoms. The molecule has 1 fully saturated rings. The summed E-state index contributed by atoms with van der Waals surface area (Å²) in [4.78, 5) is 14.3. The van der Waals surface area contributed by atoms with Gasteiger partial charge in [-0.1, -0.05) is 16.8 Å². The third kappa shape index (κ3) is 3.14. The molecular weight excluding hydrogens is 304 g/mol. The molecule has 0 N–H and O–H groups in total. The summed E-state index contributed by atoms with van der Waals surface area (Å²) in [7, 11) is 1.85. The molecule has 0 aromatic carbocycles. The predicted octanol–water partition coefficient (Wildman–Crippen LogP) is 1.53. The highest BCUT2D eigenvalue weighted by atomic mass is 35.5. The number of rotatable bonds is 3. The molecule has 1 aliphatic heterocycles. The van der Waals surface area contributed by atoms with Crippen molar-refractivity contribution in [1.29, 1.82) is 0 Å². The number of hydrogen-bond acceptors (Lipinski definition) is 4. The Labute approximate surface area is 133 Å². The van der Waals surface area contributed by atoms with Gasteiger partial charge in [-0.15, -0.1) is 5.10 Å². The van der Waals surface area contributed by atoms with Crippen LogP contribution in [0.25, 0.3) is 0 Å². The number of aryl methyl sites for hydroxylation is 2. The number of halogens is 1. The summed E-state index contributed by atoms with van der Waals surface area (Å²) in [6, 6.07) is 1.84. The molecule has 22 heavy (non-hydrogen) atoms. The predicted molar refractivity (Wildman–Crippen MR) is 81.6 cm³/mol. The van der Waals surface area contributed by atoms with Gasteiger partial charge in [0.25, 0.3) is 5.91 Å². The molecule has 2 aromatic heterocycles. The Kier molecular flexibility index (Phi) is 4.15. The van der Waals surface area contributed by atoms with E-state index >= 15 is 0 Å². The van der Waals surface area contributed by atoms with Crippen molar-refractivity contribution in [2.24, 2.45) is 13.0 Å². The van der Waals surface area contributed by atoms with E-state index in [1.54, 1.807) is 15.6 Å². The molecule has 2 aromatic rings. The number of hydrogen-bond donors (Lipinski definition) is 0. The van der Waals surface area contributed by atoms with Crippen molar-refractivity contribution in [3.63, 3.8) is 0 Å². The third-order valence-electron chi connectivity index (χ3n) is 4.19. The molecule has 8 heteroatoms. The van der Waals surface area contributed by atoms with Gasteiger partial charge in [0.1, 0.15) is 0 Å². The van der Waals surface area contributed by atoms with Crippen molar-refractivity contribution in [2.75, 3.05) is 13.1 Å². The molecule has 0 radical (unpaired) electrons. The molecule has 0 unspecified atom stereocenters. The Hall–Kier alpha value is -1.89. The van der Waals surface area contributed by atoms with Gasteiger partial charge in [-0.05, 0) is 31.7 Å². The Morgan fingerprint density at radius 1 is 1.41 bits per heavy atom. The second-order valence-corrected chi connectivity index (χ2v) is 6.18. The fourth-order valence-electron chi connectivity index (χ4n) is 2.77. The van der Waals surface area contributed by atoms with Gasteiger partial charge in [-0.25, -0.2) is 0 Å². The second kappa shape index (κ2) is 6.08. The number of aromatic nitrogens is 5. The smallest absolute Gasteiger partial charge is 0.274 e. The third-order valence-corrected chi connectivity index (χ3v) is 4.36. The Bertz CT molecular complexity index is 651. The highest BCUT2D eigenvalue weighted by Gasteiger charge is 2.25. The van der Waals surface area contributed by atoms with Gasteiger partial charge in [0.2, 0.25) is 0 Å². The van der Waals surface area contributed by atoms with Crippen LogP contribution in [0.2, 0.25) is 5.15 Å². The van der Waals surface area contributed by atoms with Gasteiger partial charge < -0.3 is 4.90 Å². The van der Waals surface area contributed by atoms with Crippen LogP contribution in [0.15, 0.2) is 12.3 Å². The zero-order chi connectivity index (χ0) is 15.7. The van der Waals surface area contributed by atoms with Gasteiger partial charge in [0.15, 0.2) is 10.8 Å². The van der Waals surface area contributed by atoms with E-state index < -0.39 is 0 Å². The second-order valence-electron chi connectivity index (χ2n) is 5.79. The van der Waals surface area contributed by atoms with E-state index in [9.17, 15) is 4.79 Å². The van der Waals surface area contributed by atoms with E-state index in [-0.39, 0.29) is 5.91 Å². The molecule has 118 valence electrons. The summed E-state index contributed by atoms with van der Waals surface area (Å²) in [6.45, 7) is 4.24. The van der Waals surface area contributed by atoms with E-state index in [2.05, 4.69) is 15.4 Å². The van der Waals surface area contributed by atoms with Gasteiger partial charge in [0.05, 0.1) is 6.20 Å². The summed E-state index contributed by atoms with van der Waals surface area (Å²) < 4.78 is 3.50. The molecule has 1 aliphatic rings. The normalized spacial score (nSPS) is 16.2. The van der Waals surface area contributed by atoms with Crippen molar-refractivity contribution in [2.45, 2.75) is 26.3 Å². The largest absolute Gasteiger partial charge is 0.337 e. The van der Waals surface area contributed by atoms with Crippen molar-refractivity contribution < 1.29 is 4.79 Å². The number of amides is 1. The van der Waals surface area contributed by atoms with Crippen LogP contribution in [0.3, 0.4) is 0 Å². The highest BCUT2D eigenvalue weighted by molar-refractivity contribution is 6.29. The van der Waals surface area contributed by atoms with Crippen LogP contribution in [0.1, 0.15) is 29.0 Å². The Morgan fingerprint density at radius 2 is 2.14 bits per heavy atom. The molecule has 3 rings (SSSR count). The van der Waals surface area contributed by atoms with Crippen molar-refractivity contribution >= 4 is 17.5 Å². The van der Waals surface area contributed by atoms with Crippen molar-refractivity contribution in [1.82, 2.24) is 29.7 Å². The van der Waals surface area contributed by atoms with Crippen molar-refractivity contribution in [3.8, 4) is 0 Å². The number of nitrogens with zero attached hydrogens (tertiary/aromatic N) is 6. The minimum absolute atomic E-state index is 0.0194. The van der Waals surface area contributed by atoms with Crippen LogP contribution < -0.4 is 0 Å². The van der Waals surface area contributed by atoms with E-state index in [1.807, 2.05) is 24.9 Å². The Morgan fingerprint density at radius 3 is 2.68 bits per heavy atom. The van der Waals surface area contributed by atoms with Gasteiger partial charge in [-0.2, -0.15) is 5.10 Å². The molecular formula is C14H19ClN6O. The quantitative estimate of drug-likeness (QED) is 0.859. The van der Waals surface area contributed by atoms with Gasteiger partial charge in [0, 0.05) is 32.4 Å². The number of likely N-dealkylation sites (tertiary alicyclic amines) is 1. The topological polar surface area (TPSA) is 68.8 Å². The fraction of sp³-hybridized carbons (Fsp3) is 0.571. The minimum atomic E-state index is 0.0194. The maximum Gasteiger partial charge on any atom is 0.274 e. The van der Waals surface area contributed by atoms with Crippen LogP contribution >= 0.6 is 11.6 Å². The zero-order valence-corrected chi connectivity index (χ0v) is 13.5. The van der Waals surface area contributed by atoms with Crippen LogP contribution in [0, 0.1) is 12.8 Å². The lowest BCUT2D eigenvalue weighted by Gasteiger charge is -2.31.